The topological polar surface area (TPSA) is 56.5 Å². The molecule has 0 spiro atoms. The highest BCUT2D eigenvalue weighted by Crippen LogP contribution is 2.53. The zero-order valence-electron chi connectivity index (χ0n) is 24.8. The van der Waals surface area contributed by atoms with Gasteiger partial charge in [-0.1, -0.05) is 133 Å². The maximum Gasteiger partial charge on any atom is 0.199 e. The Morgan fingerprint density at radius 3 is 1.70 bits per heavy atom. The maximum atomic E-state index is 5.14. The molecule has 9 rings (SSSR count). The van der Waals surface area contributed by atoms with E-state index in [0.29, 0.717) is 11.6 Å². The lowest BCUT2D eigenvalue weighted by Crippen LogP contribution is -2.35. The highest BCUT2D eigenvalue weighted by Gasteiger charge is 2.45. The number of benzene rings is 6. The van der Waals surface area contributed by atoms with Crippen molar-refractivity contribution in [2.24, 2.45) is 0 Å². The zero-order chi connectivity index (χ0) is 30.5. The molecule has 0 bridgehead atoms. The third-order valence-corrected chi connectivity index (χ3v) is 9.15. The number of imidazole rings is 1. The highest BCUT2D eigenvalue weighted by molar-refractivity contribution is 5.92. The molecule has 5 heteroatoms. The second-order valence-electron chi connectivity index (χ2n) is 11.6. The monoisotopic (exact) mass is 589 g/mol. The molecule has 1 aliphatic rings. The molecule has 0 aliphatic carbocycles. The molecule has 6 aromatic carbocycles. The van der Waals surface area contributed by atoms with Crippen molar-refractivity contribution in [3.8, 4) is 39.6 Å². The summed E-state index contributed by atoms with van der Waals surface area (Å²) in [4.78, 5) is 18.3. The van der Waals surface area contributed by atoms with E-state index in [9.17, 15) is 0 Å². The van der Waals surface area contributed by atoms with Gasteiger partial charge in [0, 0.05) is 0 Å². The summed E-state index contributed by atoms with van der Waals surface area (Å²) < 4.78 is 2.24. The minimum atomic E-state index is -0.607. The lowest BCUT2D eigenvalue weighted by Gasteiger charge is -2.41. The third kappa shape index (κ3) is 3.88. The molecule has 0 fully saturated rings. The minimum absolute atomic E-state index is 0.538. The second kappa shape index (κ2) is 10.5. The summed E-state index contributed by atoms with van der Waals surface area (Å²) in [5, 5.41) is 0. The molecule has 0 saturated carbocycles. The van der Waals surface area contributed by atoms with Crippen LogP contribution in [0.25, 0.3) is 50.6 Å². The fourth-order valence-electron chi connectivity index (χ4n) is 7.18. The highest BCUT2D eigenvalue weighted by atomic mass is 15.1. The largest absolute Gasteiger partial charge is 0.289 e. The van der Waals surface area contributed by atoms with Crippen LogP contribution in [0.5, 0.6) is 0 Å². The van der Waals surface area contributed by atoms with Crippen molar-refractivity contribution in [1.82, 2.24) is 24.5 Å². The molecule has 0 atom stereocenters. The van der Waals surface area contributed by atoms with E-state index in [-0.39, 0.29) is 0 Å². The van der Waals surface area contributed by atoms with Gasteiger partial charge in [-0.2, -0.15) is 0 Å². The first-order valence-electron chi connectivity index (χ1n) is 15.4. The molecule has 1 aliphatic heterocycles. The molecule has 0 saturated heterocycles. The molecule has 3 heterocycles. The predicted molar refractivity (Wildman–Crippen MR) is 183 cm³/mol. The number of hydrogen-bond acceptors (Lipinski definition) is 4. The Labute approximate surface area is 266 Å². The Hall–Kier alpha value is -6.20. The number of nitrogens with zero attached hydrogens (tertiary/aromatic N) is 5. The van der Waals surface area contributed by atoms with Crippen molar-refractivity contribution in [2.45, 2.75) is 5.41 Å². The third-order valence-electron chi connectivity index (χ3n) is 9.15. The molecule has 216 valence electrons. The molecule has 46 heavy (non-hydrogen) atoms. The average molecular weight is 590 g/mol. The van der Waals surface area contributed by atoms with Gasteiger partial charge in [-0.05, 0) is 62.7 Å². The Morgan fingerprint density at radius 2 is 1.04 bits per heavy atom. The normalized spacial score (nSPS) is 13.0. The molecule has 0 N–H and O–H groups in total. The van der Waals surface area contributed by atoms with E-state index in [0.717, 1.165) is 27.8 Å². The van der Waals surface area contributed by atoms with E-state index >= 15 is 0 Å². The molecule has 0 radical (unpaired) electrons. The van der Waals surface area contributed by atoms with E-state index in [1.807, 2.05) is 0 Å². The van der Waals surface area contributed by atoms with Gasteiger partial charge in [0.15, 0.2) is 11.6 Å². The molecule has 2 aromatic heterocycles. The Bertz CT molecular complexity index is 2290. The number of aromatic nitrogens is 5. The van der Waals surface area contributed by atoms with Crippen LogP contribution in [0.3, 0.4) is 0 Å². The molecular weight excluding hydrogens is 562 g/mol. The predicted octanol–water partition coefficient (Wildman–Crippen LogP) is 8.91. The average Bonchev–Trinajstić information content (AvgIpc) is 3.54. The van der Waals surface area contributed by atoms with E-state index in [4.69, 9.17) is 4.98 Å². The summed E-state index contributed by atoms with van der Waals surface area (Å²) in [5.41, 5.74) is 11.8. The van der Waals surface area contributed by atoms with Gasteiger partial charge in [0.2, 0.25) is 0 Å². The van der Waals surface area contributed by atoms with Gasteiger partial charge in [0.25, 0.3) is 0 Å². The molecule has 0 amide bonds. The molecule has 8 aromatic rings. The van der Waals surface area contributed by atoms with Gasteiger partial charge in [0.1, 0.15) is 12.7 Å². The van der Waals surface area contributed by atoms with Crippen LogP contribution in [0.15, 0.2) is 164 Å². The first-order valence-corrected chi connectivity index (χ1v) is 15.4. The van der Waals surface area contributed by atoms with Crippen LogP contribution < -0.4 is 0 Å². The van der Waals surface area contributed by atoms with Crippen molar-refractivity contribution in [3.05, 3.63) is 187 Å². The fraction of sp³-hybridized carbons (Fsp3) is 0.0244. The van der Waals surface area contributed by atoms with Crippen LogP contribution in [0.2, 0.25) is 0 Å². The van der Waals surface area contributed by atoms with Crippen molar-refractivity contribution in [3.63, 3.8) is 0 Å². The summed E-state index contributed by atoms with van der Waals surface area (Å²) in [6.45, 7) is 0. The fourth-order valence-corrected chi connectivity index (χ4v) is 7.18. The van der Waals surface area contributed by atoms with Crippen LogP contribution in [-0.2, 0) is 5.41 Å². The minimum Gasteiger partial charge on any atom is -0.289 e. The van der Waals surface area contributed by atoms with Crippen molar-refractivity contribution >= 4 is 11.0 Å². The summed E-state index contributed by atoms with van der Waals surface area (Å²) in [7, 11) is 0. The quantitative estimate of drug-likeness (QED) is 0.201. The van der Waals surface area contributed by atoms with Crippen LogP contribution in [0.1, 0.15) is 22.3 Å². The molecular formula is C41H27N5. The summed E-state index contributed by atoms with van der Waals surface area (Å²) in [6.07, 6.45) is 3.06. The molecule has 5 nitrogen and oxygen atoms in total. The van der Waals surface area contributed by atoms with Gasteiger partial charge in [-0.25, -0.2) is 19.9 Å². The van der Waals surface area contributed by atoms with E-state index in [1.165, 1.54) is 46.0 Å². The number of rotatable bonds is 5. The van der Waals surface area contributed by atoms with Crippen LogP contribution in [-0.4, -0.2) is 24.5 Å². The van der Waals surface area contributed by atoms with Gasteiger partial charge in [-0.15, -0.1) is 0 Å². The van der Waals surface area contributed by atoms with Gasteiger partial charge in [-0.3, -0.25) is 4.57 Å². The first kappa shape index (κ1) is 26.2. The van der Waals surface area contributed by atoms with Crippen molar-refractivity contribution < 1.29 is 0 Å². The standard InChI is InChI=1S/C41H27N5/c1-4-11-28(12-5-1)29-19-21-30(22-20-29)31-23-24-37-35(25-31)41(32-13-6-2-7-14-32,33-15-8-3-9-16-33)34-17-10-18-36-38(34)46(37)40(45-36)39-43-26-42-27-44-39/h1-27H. The van der Waals surface area contributed by atoms with Crippen LogP contribution in [0, 0.1) is 0 Å². The van der Waals surface area contributed by atoms with E-state index in [2.05, 4.69) is 171 Å². The lowest BCUT2D eigenvalue weighted by atomic mass is 9.63. The summed E-state index contributed by atoms with van der Waals surface area (Å²) in [6, 6.07) is 54.3. The van der Waals surface area contributed by atoms with Crippen LogP contribution in [0.4, 0.5) is 0 Å². The number of hydrogen-bond donors (Lipinski definition) is 0. The van der Waals surface area contributed by atoms with Gasteiger partial charge >= 0.3 is 0 Å². The Kier molecular flexibility index (Phi) is 5.96. The number of para-hydroxylation sites is 1. The first-order chi connectivity index (χ1) is 22.8. The molecule has 0 unspecified atom stereocenters. The SMILES string of the molecule is c1ccc(-c2ccc(-c3ccc4c(c3)C(c3ccccc3)(c3ccccc3)c3cccc5nc(-c6ncncn6)n-4c35)cc2)cc1. The number of fused-ring (bicyclic) bond motifs is 2. The maximum absolute atomic E-state index is 5.14. The second-order valence-corrected chi connectivity index (χ2v) is 11.6. The Morgan fingerprint density at radius 1 is 0.478 bits per heavy atom. The van der Waals surface area contributed by atoms with E-state index < -0.39 is 5.41 Å². The van der Waals surface area contributed by atoms with Crippen LogP contribution >= 0.6 is 0 Å². The van der Waals surface area contributed by atoms with Gasteiger partial charge < -0.3 is 0 Å². The smallest absolute Gasteiger partial charge is 0.199 e. The van der Waals surface area contributed by atoms with Crippen molar-refractivity contribution in [2.75, 3.05) is 0 Å². The van der Waals surface area contributed by atoms with Gasteiger partial charge in [0.05, 0.1) is 22.1 Å². The van der Waals surface area contributed by atoms with E-state index in [1.54, 1.807) is 0 Å². The Balaban J connectivity index is 1.37. The summed E-state index contributed by atoms with van der Waals surface area (Å²) in [5.74, 6) is 1.23. The lowest BCUT2D eigenvalue weighted by molar-refractivity contribution is 0.725. The zero-order valence-corrected chi connectivity index (χ0v) is 24.8. The van der Waals surface area contributed by atoms with Crippen molar-refractivity contribution in [1.29, 1.82) is 0 Å². The summed E-state index contributed by atoms with van der Waals surface area (Å²) >= 11 is 0.